The fourth-order valence-corrected chi connectivity index (χ4v) is 3.66. The Hall–Kier alpha value is -3.97. The Bertz CT molecular complexity index is 1210. The monoisotopic (exact) mass is 403 g/mol. The lowest BCUT2D eigenvalue weighted by molar-refractivity contribution is -0.158. The van der Waals surface area contributed by atoms with Gasteiger partial charge in [-0.05, 0) is 11.5 Å². The van der Waals surface area contributed by atoms with E-state index in [0.717, 1.165) is 12.5 Å². The number of nitrogens with zero attached hydrogens (tertiary/aromatic N) is 1. The molecule has 3 aromatic carbocycles. The summed E-state index contributed by atoms with van der Waals surface area (Å²) in [5.74, 6) is -4.30. The molecule has 1 heterocycles. The molecule has 0 aliphatic carbocycles. The predicted octanol–water partition coefficient (Wildman–Crippen LogP) is 2.59. The zero-order valence-corrected chi connectivity index (χ0v) is 15.9. The second-order valence-corrected chi connectivity index (χ2v) is 6.72. The number of carbonyl (C=O) groups excluding carboxylic acids is 3. The molecular formula is C23H17NO6. The summed E-state index contributed by atoms with van der Waals surface area (Å²) in [5.41, 5.74) is -3.29. The van der Waals surface area contributed by atoms with Crippen molar-refractivity contribution in [3.8, 4) is 0 Å². The number of benzene rings is 3. The number of amides is 1. The van der Waals surface area contributed by atoms with Crippen molar-refractivity contribution >= 4 is 39.9 Å². The number of rotatable bonds is 3. The zero-order chi connectivity index (χ0) is 21.5. The fraction of sp³-hybridized carbons (Fsp3) is 0.0870. The van der Waals surface area contributed by atoms with Gasteiger partial charge in [-0.2, -0.15) is 0 Å². The molecule has 0 radical (unpaired) electrons. The van der Waals surface area contributed by atoms with E-state index in [1.807, 2.05) is 0 Å². The molecule has 0 saturated carbocycles. The molecule has 7 heteroatoms. The van der Waals surface area contributed by atoms with Crippen molar-refractivity contribution in [2.45, 2.75) is 5.72 Å². The highest BCUT2D eigenvalue weighted by Crippen LogP contribution is 2.42. The van der Waals surface area contributed by atoms with E-state index in [2.05, 4.69) is 0 Å². The highest BCUT2D eigenvalue weighted by Gasteiger charge is 2.62. The van der Waals surface area contributed by atoms with Gasteiger partial charge in [0.1, 0.15) is 11.3 Å². The number of carbonyl (C=O) groups is 3. The third-order valence-electron chi connectivity index (χ3n) is 5.06. The minimum atomic E-state index is -2.84. The summed E-state index contributed by atoms with van der Waals surface area (Å²) in [6, 6.07) is 19.8. The molecule has 1 atom stereocenters. The maximum absolute atomic E-state index is 13.0. The minimum absolute atomic E-state index is 0.134. The molecule has 3 aromatic rings. The van der Waals surface area contributed by atoms with Crippen molar-refractivity contribution in [1.82, 2.24) is 0 Å². The topological polar surface area (TPSA) is 104 Å². The summed E-state index contributed by atoms with van der Waals surface area (Å²) in [7, 11) is 1.02. The van der Waals surface area contributed by atoms with Gasteiger partial charge in [0.25, 0.3) is 11.5 Å². The van der Waals surface area contributed by atoms with Crippen LogP contribution in [0.5, 0.6) is 0 Å². The molecule has 4 rings (SSSR count). The van der Waals surface area contributed by atoms with Gasteiger partial charge in [-0.25, -0.2) is 4.79 Å². The number of esters is 1. The normalized spacial score (nSPS) is 20.5. The van der Waals surface area contributed by atoms with Gasteiger partial charge < -0.3 is 14.9 Å². The fourth-order valence-electron chi connectivity index (χ4n) is 3.66. The van der Waals surface area contributed by atoms with E-state index in [-0.39, 0.29) is 11.3 Å². The van der Waals surface area contributed by atoms with E-state index in [9.17, 15) is 24.6 Å². The number of methoxy groups -OCH3 is 1. The first-order valence-electron chi connectivity index (χ1n) is 9.07. The maximum Gasteiger partial charge on any atom is 0.365 e. The van der Waals surface area contributed by atoms with E-state index in [1.165, 1.54) is 18.2 Å². The van der Waals surface area contributed by atoms with Crippen molar-refractivity contribution in [2.24, 2.45) is 0 Å². The smallest absolute Gasteiger partial charge is 0.365 e. The van der Waals surface area contributed by atoms with Crippen LogP contribution in [0.15, 0.2) is 78.4 Å². The second-order valence-electron chi connectivity index (χ2n) is 6.72. The Morgan fingerprint density at radius 1 is 0.933 bits per heavy atom. The van der Waals surface area contributed by atoms with Crippen molar-refractivity contribution < 1.29 is 29.3 Å². The Labute approximate surface area is 171 Å². The van der Waals surface area contributed by atoms with Crippen molar-refractivity contribution in [3.05, 3.63) is 83.9 Å². The van der Waals surface area contributed by atoms with E-state index >= 15 is 0 Å². The molecule has 0 aromatic heterocycles. The molecule has 0 bridgehead atoms. The molecule has 0 spiro atoms. The summed E-state index contributed by atoms with van der Waals surface area (Å²) >= 11 is 0. The lowest BCUT2D eigenvalue weighted by atomic mass is 9.97. The molecule has 1 aliphatic rings. The number of Topliss-reactive ketones (excluding diaryl/α,β-unsaturated/α-hetero) is 1. The van der Waals surface area contributed by atoms with E-state index in [0.29, 0.717) is 10.3 Å². The minimum Gasteiger partial charge on any atom is -0.507 e. The van der Waals surface area contributed by atoms with Crippen LogP contribution in [0.25, 0.3) is 16.5 Å². The zero-order valence-electron chi connectivity index (χ0n) is 15.9. The van der Waals surface area contributed by atoms with Gasteiger partial charge >= 0.3 is 11.9 Å². The number of ether oxygens (including phenoxy) is 1. The van der Waals surface area contributed by atoms with Crippen LogP contribution in [-0.2, 0) is 19.1 Å². The van der Waals surface area contributed by atoms with Crippen LogP contribution in [0.2, 0.25) is 0 Å². The SMILES string of the molecule is COC(=O)C1(O)C(=C(O)c2ccccc2)C(=O)C(=O)N1c1cccc2ccccc12. The quantitative estimate of drug-likeness (QED) is 0.302. The summed E-state index contributed by atoms with van der Waals surface area (Å²) in [5, 5.41) is 23.5. The van der Waals surface area contributed by atoms with Crippen LogP contribution in [0.4, 0.5) is 5.69 Å². The molecule has 1 unspecified atom stereocenters. The van der Waals surface area contributed by atoms with Gasteiger partial charge in [0.15, 0.2) is 0 Å². The van der Waals surface area contributed by atoms with Crippen LogP contribution in [0, 0.1) is 0 Å². The van der Waals surface area contributed by atoms with Gasteiger partial charge in [0.2, 0.25) is 0 Å². The molecule has 2 N–H and O–H groups in total. The van der Waals surface area contributed by atoms with Gasteiger partial charge in [0.05, 0.1) is 12.8 Å². The average Bonchev–Trinajstić information content (AvgIpc) is 2.99. The van der Waals surface area contributed by atoms with Gasteiger partial charge in [-0.15, -0.1) is 0 Å². The summed E-state index contributed by atoms with van der Waals surface area (Å²) < 4.78 is 4.73. The third-order valence-corrected chi connectivity index (χ3v) is 5.06. The molecule has 30 heavy (non-hydrogen) atoms. The predicted molar refractivity (Wildman–Crippen MR) is 109 cm³/mol. The Morgan fingerprint density at radius 2 is 1.57 bits per heavy atom. The van der Waals surface area contributed by atoms with E-state index in [1.54, 1.807) is 54.6 Å². The number of fused-ring (bicyclic) bond motifs is 1. The Kier molecular flexibility index (Phi) is 4.60. The molecule has 1 fully saturated rings. The Balaban J connectivity index is 2.03. The number of anilines is 1. The number of aliphatic hydroxyl groups excluding tert-OH is 1. The first kappa shape index (κ1) is 19.4. The molecule has 150 valence electrons. The van der Waals surface area contributed by atoms with Gasteiger partial charge in [-0.3, -0.25) is 14.5 Å². The molecule has 1 amide bonds. The van der Waals surface area contributed by atoms with Crippen LogP contribution < -0.4 is 4.90 Å². The highest BCUT2D eigenvalue weighted by atomic mass is 16.5. The lowest BCUT2D eigenvalue weighted by Gasteiger charge is -2.31. The summed E-state index contributed by atoms with van der Waals surface area (Å²) in [6.07, 6.45) is 0. The standard InChI is InChI=1S/C23H17NO6/c1-30-22(28)23(29)18(19(25)15-9-3-2-4-10-15)20(26)21(27)24(23)17-13-7-11-14-8-5-6-12-16(14)17/h2-13,25,29H,1H3. The van der Waals surface area contributed by atoms with Crippen LogP contribution in [0.1, 0.15) is 5.56 Å². The van der Waals surface area contributed by atoms with Crippen molar-refractivity contribution in [1.29, 1.82) is 0 Å². The largest absolute Gasteiger partial charge is 0.507 e. The first-order chi connectivity index (χ1) is 14.4. The molecule has 1 aliphatic heterocycles. The average molecular weight is 403 g/mol. The van der Waals surface area contributed by atoms with Crippen LogP contribution >= 0.6 is 0 Å². The maximum atomic E-state index is 13.0. The number of hydrogen-bond donors (Lipinski definition) is 2. The Morgan fingerprint density at radius 3 is 2.27 bits per heavy atom. The molecular weight excluding hydrogens is 386 g/mol. The van der Waals surface area contributed by atoms with Gasteiger partial charge in [-0.1, -0.05) is 66.7 Å². The highest BCUT2D eigenvalue weighted by molar-refractivity contribution is 6.54. The first-order valence-corrected chi connectivity index (χ1v) is 9.07. The van der Waals surface area contributed by atoms with E-state index < -0.39 is 34.7 Å². The molecule has 1 saturated heterocycles. The molecule has 7 nitrogen and oxygen atoms in total. The van der Waals surface area contributed by atoms with Crippen molar-refractivity contribution in [2.75, 3.05) is 12.0 Å². The number of ketones is 1. The summed E-state index contributed by atoms with van der Waals surface area (Å²) in [6.45, 7) is 0. The lowest BCUT2D eigenvalue weighted by Crippen LogP contribution is -2.54. The van der Waals surface area contributed by atoms with Crippen LogP contribution in [0.3, 0.4) is 0 Å². The van der Waals surface area contributed by atoms with Gasteiger partial charge in [0, 0.05) is 10.9 Å². The van der Waals surface area contributed by atoms with Crippen molar-refractivity contribution in [3.63, 3.8) is 0 Å². The number of aliphatic hydroxyl groups is 2. The second kappa shape index (κ2) is 7.13. The number of hydrogen-bond acceptors (Lipinski definition) is 6. The summed E-state index contributed by atoms with van der Waals surface area (Å²) in [4.78, 5) is 39.3. The van der Waals surface area contributed by atoms with Crippen LogP contribution in [-0.4, -0.2) is 40.7 Å². The third kappa shape index (κ3) is 2.67. The van der Waals surface area contributed by atoms with E-state index in [4.69, 9.17) is 4.74 Å².